The van der Waals surface area contributed by atoms with Crippen molar-refractivity contribution in [2.24, 2.45) is 0 Å². The first-order chi connectivity index (χ1) is 7.28. The van der Waals surface area contributed by atoms with E-state index in [0.717, 1.165) is 16.6 Å². The standard InChI is InChI=1S/C11H11BrN2O/c12-11-3-1-9(2-4-11)6-14-7-10(8-15)5-13-14/h1-5,7,15H,6,8H2. The molecule has 0 saturated carbocycles. The molecule has 3 nitrogen and oxygen atoms in total. The molecule has 15 heavy (non-hydrogen) atoms. The van der Waals surface area contributed by atoms with E-state index in [0.29, 0.717) is 0 Å². The van der Waals surface area contributed by atoms with Gasteiger partial charge in [-0.25, -0.2) is 0 Å². The van der Waals surface area contributed by atoms with Crippen molar-refractivity contribution in [2.45, 2.75) is 13.2 Å². The zero-order valence-electron chi connectivity index (χ0n) is 8.10. The Hall–Kier alpha value is -1.13. The van der Waals surface area contributed by atoms with E-state index in [-0.39, 0.29) is 6.61 Å². The van der Waals surface area contributed by atoms with Gasteiger partial charge in [0.25, 0.3) is 0 Å². The van der Waals surface area contributed by atoms with Gasteiger partial charge in [-0.15, -0.1) is 0 Å². The number of aromatic nitrogens is 2. The van der Waals surface area contributed by atoms with Crippen molar-refractivity contribution in [3.05, 3.63) is 52.3 Å². The van der Waals surface area contributed by atoms with E-state index >= 15 is 0 Å². The second-order valence-electron chi connectivity index (χ2n) is 3.33. The number of rotatable bonds is 3. The molecule has 0 fully saturated rings. The molecule has 0 saturated heterocycles. The maximum Gasteiger partial charge on any atom is 0.0712 e. The van der Waals surface area contributed by atoms with Gasteiger partial charge in [0.15, 0.2) is 0 Å². The summed E-state index contributed by atoms with van der Waals surface area (Å²) < 4.78 is 2.89. The van der Waals surface area contributed by atoms with Crippen LogP contribution in [0.2, 0.25) is 0 Å². The third-order valence-electron chi connectivity index (χ3n) is 2.13. The van der Waals surface area contributed by atoms with Gasteiger partial charge in [0.1, 0.15) is 0 Å². The Morgan fingerprint density at radius 1 is 1.20 bits per heavy atom. The molecule has 0 amide bonds. The van der Waals surface area contributed by atoms with Gasteiger partial charge >= 0.3 is 0 Å². The fourth-order valence-electron chi connectivity index (χ4n) is 1.35. The van der Waals surface area contributed by atoms with E-state index in [9.17, 15) is 0 Å². The summed E-state index contributed by atoms with van der Waals surface area (Å²) in [6, 6.07) is 8.10. The van der Waals surface area contributed by atoms with Crippen LogP contribution in [0.25, 0.3) is 0 Å². The Kier molecular flexibility index (Phi) is 3.18. The van der Waals surface area contributed by atoms with Crippen LogP contribution in [0.3, 0.4) is 0 Å². The lowest BCUT2D eigenvalue weighted by Crippen LogP contribution is -1.99. The van der Waals surface area contributed by atoms with Gasteiger partial charge in [-0.2, -0.15) is 5.10 Å². The summed E-state index contributed by atoms with van der Waals surface area (Å²) in [6.45, 7) is 0.771. The maximum atomic E-state index is 8.89. The van der Waals surface area contributed by atoms with E-state index in [1.54, 1.807) is 6.20 Å². The Morgan fingerprint density at radius 2 is 1.93 bits per heavy atom. The molecule has 0 aliphatic rings. The second kappa shape index (κ2) is 4.59. The van der Waals surface area contributed by atoms with Crippen LogP contribution in [0, 0.1) is 0 Å². The number of aliphatic hydroxyl groups excluding tert-OH is 1. The molecule has 0 radical (unpaired) electrons. The number of nitrogens with zero attached hydrogens (tertiary/aromatic N) is 2. The zero-order chi connectivity index (χ0) is 10.7. The molecule has 4 heteroatoms. The highest BCUT2D eigenvalue weighted by molar-refractivity contribution is 9.10. The molecule has 2 rings (SSSR count). The fourth-order valence-corrected chi connectivity index (χ4v) is 1.62. The van der Waals surface area contributed by atoms with Gasteiger partial charge in [-0.1, -0.05) is 28.1 Å². The fraction of sp³-hybridized carbons (Fsp3) is 0.182. The normalized spacial score (nSPS) is 10.5. The molecule has 0 aliphatic carbocycles. The van der Waals surface area contributed by atoms with Crippen LogP contribution in [0.15, 0.2) is 41.1 Å². The topological polar surface area (TPSA) is 38.1 Å². The first kappa shape index (κ1) is 10.4. The molecule has 1 N–H and O–H groups in total. The monoisotopic (exact) mass is 266 g/mol. The average Bonchev–Trinajstić information content (AvgIpc) is 2.69. The zero-order valence-corrected chi connectivity index (χ0v) is 9.68. The van der Waals surface area contributed by atoms with Crippen LogP contribution in [-0.4, -0.2) is 14.9 Å². The molecular weight excluding hydrogens is 256 g/mol. The van der Waals surface area contributed by atoms with Gasteiger partial charge in [-0.05, 0) is 17.7 Å². The molecule has 1 aromatic carbocycles. The highest BCUT2D eigenvalue weighted by Gasteiger charge is 1.98. The Balaban J connectivity index is 2.11. The number of hydrogen-bond acceptors (Lipinski definition) is 2. The number of hydrogen-bond donors (Lipinski definition) is 1. The lowest BCUT2D eigenvalue weighted by atomic mass is 10.2. The summed E-state index contributed by atoms with van der Waals surface area (Å²) in [4.78, 5) is 0. The van der Waals surface area contributed by atoms with E-state index in [1.807, 2.05) is 35.1 Å². The summed E-state index contributed by atoms with van der Waals surface area (Å²) in [6.07, 6.45) is 3.53. The maximum absolute atomic E-state index is 8.89. The predicted octanol–water partition coefficient (Wildman–Crippen LogP) is 2.19. The minimum absolute atomic E-state index is 0.0420. The van der Waals surface area contributed by atoms with Crippen LogP contribution in [-0.2, 0) is 13.2 Å². The Morgan fingerprint density at radius 3 is 2.53 bits per heavy atom. The van der Waals surface area contributed by atoms with Gasteiger partial charge in [0.2, 0.25) is 0 Å². The number of benzene rings is 1. The lowest BCUT2D eigenvalue weighted by molar-refractivity contribution is 0.281. The lowest BCUT2D eigenvalue weighted by Gasteiger charge is -2.01. The molecule has 0 unspecified atom stereocenters. The quantitative estimate of drug-likeness (QED) is 0.925. The first-order valence-corrected chi connectivity index (χ1v) is 5.44. The molecule has 0 spiro atoms. The van der Waals surface area contributed by atoms with E-state index in [2.05, 4.69) is 21.0 Å². The van der Waals surface area contributed by atoms with Crippen LogP contribution < -0.4 is 0 Å². The molecule has 1 aromatic heterocycles. The van der Waals surface area contributed by atoms with E-state index < -0.39 is 0 Å². The number of halogens is 1. The largest absolute Gasteiger partial charge is 0.392 e. The molecule has 0 bridgehead atoms. The number of aliphatic hydroxyl groups is 1. The van der Waals surface area contributed by atoms with Crippen molar-refractivity contribution in [3.63, 3.8) is 0 Å². The molecule has 0 atom stereocenters. The molecular formula is C11H11BrN2O. The molecule has 1 heterocycles. The average molecular weight is 267 g/mol. The van der Waals surface area contributed by atoms with Gasteiger partial charge in [-0.3, -0.25) is 4.68 Å². The smallest absolute Gasteiger partial charge is 0.0712 e. The van der Waals surface area contributed by atoms with Crippen LogP contribution in [0.1, 0.15) is 11.1 Å². The first-order valence-electron chi connectivity index (χ1n) is 4.64. The molecule has 2 aromatic rings. The second-order valence-corrected chi connectivity index (χ2v) is 4.25. The van der Waals surface area contributed by atoms with Gasteiger partial charge in [0, 0.05) is 16.2 Å². The van der Waals surface area contributed by atoms with Crippen molar-refractivity contribution in [3.8, 4) is 0 Å². The molecule has 78 valence electrons. The molecule has 0 aliphatic heterocycles. The van der Waals surface area contributed by atoms with Crippen molar-refractivity contribution in [1.82, 2.24) is 9.78 Å². The Labute approximate surface area is 96.5 Å². The summed E-state index contributed by atoms with van der Waals surface area (Å²) in [5, 5.41) is 13.0. The van der Waals surface area contributed by atoms with Crippen LogP contribution in [0.5, 0.6) is 0 Å². The van der Waals surface area contributed by atoms with Crippen LogP contribution >= 0.6 is 15.9 Å². The van der Waals surface area contributed by atoms with Crippen molar-refractivity contribution in [1.29, 1.82) is 0 Å². The van der Waals surface area contributed by atoms with Gasteiger partial charge < -0.3 is 5.11 Å². The van der Waals surface area contributed by atoms with E-state index in [1.165, 1.54) is 5.56 Å². The minimum Gasteiger partial charge on any atom is -0.392 e. The summed E-state index contributed by atoms with van der Waals surface area (Å²) in [5.74, 6) is 0. The third kappa shape index (κ3) is 2.67. The summed E-state index contributed by atoms with van der Waals surface area (Å²) >= 11 is 3.39. The third-order valence-corrected chi connectivity index (χ3v) is 2.66. The van der Waals surface area contributed by atoms with E-state index in [4.69, 9.17) is 5.11 Å². The van der Waals surface area contributed by atoms with Crippen molar-refractivity contribution < 1.29 is 5.11 Å². The highest BCUT2D eigenvalue weighted by Crippen LogP contribution is 2.11. The predicted molar refractivity (Wildman–Crippen MR) is 61.4 cm³/mol. The van der Waals surface area contributed by atoms with Crippen molar-refractivity contribution in [2.75, 3.05) is 0 Å². The summed E-state index contributed by atoms with van der Waals surface area (Å²) in [5.41, 5.74) is 2.03. The van der Waals surface area contributed by atoms with Gasteiger partial charge in [0.05, 0.1) is 19.3 Å². The highest BCUT2D eigenvalue weighted by atomic mass is 79.9. The minimum atomic E-state index is 0.0420. The summed E-state index contributed by atoms with van der Waals surface area (Å²) in [7, 11) is 0. The Bertz CT molecular complexity index is 436. The van der Waals surface area contributed by atoms with Crippen molar-refractivity contribution >= 4 is 15.9 Å². The van der Waals surface area contributed by atoms with Crippen LogP contribution in [0.4, 0.5) is 0 Å². The SMILES string of the molecule is OCc1cnn(Cc2ccc(Br)cc2)c1.